The van der Waals surface area contributed by atoms with Crippen LogP contribution in [-0.4, -0.2) is 35.3 Å². The second-order valence-electron chi connectivity index (χ2n) is 7.96. The average Bonchev–Trinajstić information content (AvgIpc) is 3.11. The second kappa shape index (κ2) is 11.8. The molecule has 2 atom stereocenters. The Kier molecular flexibility index (Phi) is 8.57. The number of nitrogens with one attached hydrogen (secondary N) is 2. The van der Waals surface area contributed by atoms with Gasteiger partial charge in [-0.25, -0.2) is 0 Å². The molecule has 0 saturated carbocycles. The number of Topliss-reactive ketones (excluding diaryl/α,β-unsaturated/α-hetero) is 1. The van der Waals surface area contributed by atoms with Crippen LogP contribution in [0.5, 0.6) is 5.75 Å². The number of rotatable bonds is 12. The molecule has 2 amide bonds. The Morgan fingerprint density at radius 1 is 0.909 bits per heavy atom. The van der Waals surface area contributed by atoms with Crippen molar-refractivity contribution in [1.29, 1.82) is 0 Å². The van der Waals surface area contributed by atoms with Gasteiger partial charge in [0.1, 0.15) is 11.8 Å². The van der Waals surface area contributed by atoms with Gasteiger partial charge in [0.05, 0.1) is 6.61 Å². The van der Waals surface area contributed by atoms with E-state index in [1.165, 1.54) is 0 Å². The Hall–Kier alpha value is -3.68. The van der Waals surface area contributed by atoms with Gasteiger partial charge in [-0.2, -0.15) is 0 Å². The Bertz CT molecular complexity index is 974. The van der Waals surface area contributed by atoms with E-state index in [0.717, 1.165) is 25.7 Å². The Morgan fingerprint density at radius 3 is 2.27 bits per heavy atom. The molecular formula is C25H28N2O6. The highest BCUT2D eigenvalue weighted by atomic mass is 16.5. The first-order valence-corrected chi connectivity index (χ1v) is 11.1. The second-order valence-corrected chi connectivity index (χ2v) is 7.96. The number of amides is 2. The molecule has 0 spiro atoms. The highest BCUT2D eigenvalue weighted by Gasteiger charge is 2.46. The van der Waals surface area contributed by atoms with Crippen molar-refractivity contribution < 1.29 is 29.0 Å². The molecule has 2 unspecified atom stereocenters. The normalized spacial score (nSPS) is 17.5. The third kappa shape index (κ3) is 6.90. The summed E-state index contributed by atoms with van der Waals surface area (Å²) in [6.07, 6.45) is 4.62. The number of carboxylic acid groups (broad SMARTS) is 1. The van der Waals surface area contributed by atoms with Gasteiger partial charge in [0.25, 0.3) is 0 Å². The number of hydrogen-bond donors (Lipinski definition) is 3. The van der Waals surface area contributed by atoms with Crippen LogP contribution < -0.4 is 15.4 Å². The number of aliphatic carboxylic acids is 1. The molecule has 1 saturated heterocycles. The SMILES string of the molecule is O=C(O)CCCCCCCOc1ccc(NC(=O)C2C(=O)NC(c3ccccc3)C2=O)cc1. The molecule has 0 aliphatic carbocycles. The summed E-state index contributed by atoms with van der Waals surface area (Å²) >= 11 is 0. The Morgan fingerprint density at radius 2 is 1.58 bits per heavy atom. The molecule has 3 rings (SSSR count). The number of carbonyl (C=O) groups is 4. The maximum atomic E-state index is 12.7. The van der Waals surface area contributed by atoms with Crippen LogP contribution in [0.3, 0.4) is 0 Å². The quantitative estimate of drug-likeness (QED) is 0.335. The number of unbranched alkanes of at least 4 members (excludes halogenated alkanes) is 4. The van der Waals surface area contributed by atoms with Crippen LogP contribution in [0.15, 0.2) is 54.6 Å². The van der Waals surface area contributed by atoms with E-state index >= 15 is 0 Å². The van der Waals surface area contributed by atoms with E-state index in [4.69, 9.17) is 9.84 Å². The fraction of sp³-hybridized carbons (Fsp3) is 0.360. The molecule has 0 bridgehead atoms. The third-order valence-corrected chi connectivity index (χ3v) is 5.44. The largest absolute Gasteiger partial charge is 0.494 e. The van der Waals surface area contributed by atoms with Crippen LogP contribution in [0.25, 0.3) is 0 Å². The van der Waals surface area contributed by atoms with Gasteiger partial charge in [0, 0.05) is 12.1 Å². The molecular weight excluding hydrogens is 424 g/mol. The zero-order chi connectivity index (χ0) is 23.6. The number of carboxylic acids is 1. The predicted molar refractivity (Wildman–Crippen MR) is 122 cm³/mol. The summed E-state index contributed by atoms with van der Waals surface area (Å²) in [7, 11) is 0. The maximum Gasteiger partial charge on any atom is 0.303 e. The molecule has 8 nitrogen and oxygen atoms in total. The van der Waals surface area contributed by atoms with E-state index < -0.39 is 35.5 Å². The molecule has 2 aromatic carbocycles. The monoisotopic (exact) mass is 452 g/mol. The van der Waals surface area contributed by atoms with Gasteiger partial charge in [-0.05, 0) is 42.7 Å². The minimum Gasteiger partial charge on any atom is -0.494 e. The van der Waals surface area contributed by atoms with E-state index in [1.807, 2.05) is 6.07 Å². The topological polar surface area (TPSA) is 122 Å². The summed E-state index contributed by atoms with van der Waals surface area (Å²) in [6.45, 7) is 0.544. The summed E-state index contributed by atoms with van der Waals surface area (Å²) < 4.78 is 5.68. The summed E-state index contributed by atoms with van der Waals surface area (Å²) in [6, 6.07) is 14.8. The molecule has 2 aromatic rings. The van der Waals surface area contributed by atoms with Crippen molar-refractivity contribution in [2.75, 3.05) is 11.9 Å². The Balaban J connectivity index is 1.42. The molecule has 33 heavy (non-hydrogen) atoms. The first-order valence-electron chi connectivity index (χ1n) is 11.1. The fourth-order valence-electron chi connectivity index (χ4n) is 3.68. The molecule has 1 aliphatic rings. The van der Waals surface area contributed by atoms with Crippen molar-refractivity contribution in [3.63, 3.8) is 0 Å². The molecule has 1 fully saturated rings. The third-order valence-electron chi connectivity index (χ3n) is 5.44. The summed E-state index contributed by atoms with van der Waals surface area (Å²) in [5.41, 5.74) is 1.11. The lowest BCUT2D eigenvalue weighted by molar-refractivity contribution is -0.138. The maximum absolute atomic E-state index is 12.7. The summed E-state index contributed by atoms with van der Waals surface area (Å²) in [5.74, 6) is -3.22. The van der Waals surface area contributed by atoms with E-state index in [0.29, 0.717) is 30.0 Å². The van der Waals surface area contributed by atoms with E-state index in [2.05, 4.69) is 10.6 Å². The molecule has 3 N–H and O–H groups in total. The predicted octanol–water partition coefficient (Wildman–Crippen LogP) is 3.49. The number of anilines is 1. The van der Waals surface area contributed by atoms with Gasteiger partial charge in [0.2, 0.25) is 11.8 Å². The lowest BCUT2D eigenvalue weighted by atomic mass is 9.97. The minimum absolute atomic E-state index is 0.215. The van der Waals surface area contributed by atoms with E-state index in [9.17, 15) is 19.2 Å². The first-order chi connectivity index (χ1) is 16.0. The zero-order valence-corrected chi connectivity index (χ0v) is 18.3. The summed E-state index contributed by atoms with van der Waals surface area (Å²) in [5, 5.41) is 13.8. The lowest BCUT2D eigenvalue weighted by Gasteiger charge is -2.11. The van der Waals surface area contributed by atoms with Crippen molar-refractivity contribution in [2.24, 2.45) is 5.92 Å². The van der Waals surface area contributed by atoms with Gasteiger partial charge in [-0.1, -0.05) is 49.6 Å². The standard InChI is InChI=1S/C25H28N2O6/c28-20(29)11-7-2-1-3-8-16-33-19-14-12-18(13-15-19)26-24(31)21-23(30)22(27-25(21)32)17-9-5-4-6-10-17/h4-6,9-10,12-15,21-22H,1-3,7-8,11,16H2,(H,26,31)(H,27,32)(H,28,29). The van der Waals surface area contributed by atoms with Gasteiger partial charge in [0.15, 0.2) is 11.7 Å². The highest BCUT2D eigenvalue weighted by molar-refractivity contribution is 6.26. The van der Waals surface area contributed by atoms with E-state index in [-0.39, 0.29) is 6.42 Å². The molecule has 0 aromatic heterocycles. The van der Waals surface area contributed by atoms with Gasteiger partial charge in [-0.3, -0.25) is 19.2 Å². The number of hydrogen-bond acceptors (Lipinski definition) is 5. The zero-order valence-electron chi connectivity index (χ0n) is 18.3. The molecule has 1 aliphatic heterocycles. The first kappa shape index (κ1) is 24.0. The number of ether oxygens (including phenoxy) is 1. The van der Waals surface area contributed by atoms with Crippen LogP contribution in [-0.2, 0) is 19.2 Å². The highest BCUT2D eigenvalue weighted by Crippen LogP contribution is 2.26. The van der Waals surface area contributed by atoms with Crippen LogP contribution in [0.2, 0.25) is 0 Å². The fourth-order valence-corrected chi connectivity index (χ4v) is 3.68. The number of benzene rings is 2. The smallest absolute Gasteiger partial charge is 0.303 e. The lowest BCUT2D eigenvalue weighted by Crippen LogP contribution is -2.32. The van der Waals surface area contributed by atoms with Crippen molar-refractivity contribution in [2.45, 2.75) is 44.6 Å². The number of ketones is 1. The van der Waals surface area contributed by atoms with Crippen molar-refractivity contribution in [3.8, 4) is 5.75 Å². The molecule has 8 heteroatoms. The Labute approximate surface area is 192 Å². The number of carbonyl (C=O) groups excluding carboxylic acids is 3. The molecule has 0 radical (unpaired) electrons. The van der Waals surface area contributed by atoms with Crippen LogP contribution >= 0.6 is 0 Å². The van der Waals surface area contributed by atoms with Gasteiger partial charge in [-0.15, -0.1) is 0 Å². The van der Waals surface area contributed by atoms with E-state index in [1.54, 1.807) is 48.5 Å². The van der Waals surface area contributed by atoms with Crippen molar-refractivity contribution >= 4 is 29.3 Å². The van der Waals surface area contributed by atoms with Gasteiger partial charge >= 0.3 is 5.97 Å². The van der Waals surface area contributed by atoms with Crippen molar-refractivity contribution in [1.82, 2.24) is 5.32 Å². The van der Waals surface area contributed by atoms with Crippen LogP contribution in [0, 0.1) is 5.92 Å². The van der Waals surface area contributed by atoms with Gasteiger partial charge < -0.3 is 20.5 Å². The molecule has 1 heterocycles. The minimum atomic E-state index is -1.39. The average molecular weight is 453 g/mol. The summed E-state index contributed by atoms with van der Waals surface area (Å²) in [4.78, 5) is 48.0. The van der Waals surface area contributed by atoms with Crippen LogP contribution in [0.1, 0.15) is 50.1 Å². The van der Waals surface area contributed by atoms with Crippen LogP contribution in [0.4, 0.5) is 5.69 Å². The van der Waals surface area contributed by atoms with Crippen molar-refractivity contribution in [3.05, 3.63) is 60.2 Å². The molecule has 174 valence electrons.